The summed E-state index contributed by atoms with van der Waals surface area (Å²) in [4.78, 5) is 11.5. The average Bonchev–Trinajstić information content (AvgIpc) is 3.45. The molecule has 1 aromatic heterocycles. The third kappa shape index (κ3) is 3.97. The van der Waals surface area contributed by atoms with Crippen molar-refractivity contribution in [2.24, 2.45) is 0 Å². The lowest BCUT2D eigenvalue weighted by Crippen LogP contribution is -2.19. The molecule has 1 saturated carbocycles. The minimum Gasteiger partial charge on any atom is -0.367 e. The Hall–Kier alpha value is -2.88. The van der Waals surface area contributed by atoms with E-state index in [0.29, 0.717) is 6.04 Å². The van der Waals surface area contributed by atoms with E-state index in [0.717, 1.165) is 29.7 Å². The largest absolute Gasteiger partial charge is 0.367 e. The van der Waals surface area contributed by atoms with Crippen molar-refractivity contribution >= 4 is 17.3 Å². The third-order valence-electron chi connectivity index (χ3n) is 4.28. The summed E-state index contributed by atoms with van der Waals surface area (Å²) in [7, 11) is 0. The van der Waals surface area contributed by atoms with Crippen molar-refractivity contribution in [3.63, 3.8) is 0 Å². The lowest BCUT2D eigenvalue weighted by molar-refractivity contribution is 0.918. The normalized spacial score (nSPS) is 13.5. The van der Waals surface area contributed by atoms with E-state index in [1.807, 2.05) is 19.1 Å². The lowest BCUT2D eigenvalue weighted by atomic mass is 10.2. The van der Waals surface area contributed by atoms with E-state index in [2.05, 4.69) is 69.8 Å². The fourth-order valence-corrected chi connectivity index (χ4v) is 2.88. The Morgan fingerprint density at radius 1 is 0.960 bits per heavy atom. The molecule has 0 amide bonds. The molecule has 4 rings (SSSR count). The first kappa shape index (κ1) is 15.6. The Labute approximate surface area is 148 Å². The molecule has 1 heterocycles. The molecule has 3 aromatic rings. The molecular weight excluding hydrogens is 308 g/mol. The van der Waals surface area contributed by atoms with Crippen molar-refractivity contribution in [2.45, 2.75) is 32.4 Å². The molecule has 1 aliphatic carbocycles. The number of benzene rings is 2. The maximum atomic E-state index is 4.71. The van der Waals surface area contributed by atoms with Crippen LogP contribution >= 0.6 is 0 Å². The number of anilines is 3. The monoisotopic (exact) mass is 330 g/mol. The highest BCUT2D eigenvalue weighted by Gasteiger charge is 2.22. The summed E-state index contributed by atoms with van der Waals surface area (Å²) in [6.07, 6.45) is 2.45. The molecule has 4 heteroatoms. The van der Waals surface area contributed by atoms with Crippen LogP contribution in [-0.2, 0) is 6.54 Å². The van der Waals surface area contributed by atoms with Gasteiger partial charge in [0.2, 0.25) is 0 Å². The smallest absolute Gasteiger partial charge is 0.139 e. The summed E-state index contributed by atoms with van der Waals surface area (Å²) in [6, 6.07) is 23.5. The maximum Gasteiger partial charge on any atom is 0.139 e. The second-order valence-corrected chi connectivity index (χ2v) is 6.48. The number of hydrogen-bond acceptors (Lipinski definition) is 4. The van der Waals surface area contributed by atoms with E-state index in [9.17, 15) is 0 Å². The Kier molecular flexibility index (Phi) is 4.34. The average molecular weight is 330 g/mol. The molecule has 0 radical (unpaired) electrons. The predicted octanol–water partition coefficient (Wildman–Crippen LogP) is 4.70. The summed E-state index contributed by atoms with van der Waals surface area (Å²) in [5, 5.41) is 3.49. The van der Waals surface area contributed by atoms with Crippen LogP contribution in [-0.4, -0.2) is 16.0 Å². The van der Waals surface area contributed by atoms with Crippen molar-refractivity contribution in [2.75, 3.05) is 10.2 Å². The highest BCUT2D eigenvalue weighted by atomic mass is 15.2. The molecule has 1 fully saturated rings. The molecule has 0 atom stereocenters. The molecule has 1 aliphatic rings. The number of aryl methyl sites for hydroxylation is 1. The van der Waals surface area contributed by atoms with Crippen LogP contribution in [0.3, 0.4) is 0 Å². The van der Waals surface area contributed by atoms with Gasteiger partial charge in [0, 0.05) is 24.3 Å². The Balaban J connectivity index is 1.71. The van der Waals surface area contributed by atoms with Gasteiger partial charge < -0.3 is 10.2 Å². The summed E-state index contributed by atoms with van der Waals surface area (Å²) in [5.41, 5.74) is 2.38. The second-order valence-electron chi connectivity index (χ2n) is 6.48. The minimum absolute atomic E-state index is 0.571. The zero-order valence-corrected chi connectivity index (χ0v) is 14.4. The predicted molar refractivity (Wildman–Crippen MR) is 102 cm³/mol. The van der Waals surface area contributed by atoms with Gasteiger partial charge in [0.1, 0.15) is 17.5 Å². The van der Waals surface area contributed by atoms with Gasteiger partial charge in [0.15, 0.2) is 0 Å². The first-order valence-electron chi connectivity index (χ1n) is 8.77. The van der Waals surface area contributed by atoms with Gasteiger partial charge >= 0.3 is 0 Å². The number of aromatic nitrogens is 2. The molecule has 2 aromatic carbocycles. The van der Waals surface area contributed by atoms with Crippen LogP contribution in [0.15, 0.2) is 66.7 Å². The van der Waals surface area contributed by atoms with E-state index in [4.69, 9.17) is 4.98 Å². The van der Waals surface area contributed by atoms with Crippen LogP contribution in [0.1, 0.15) is 24.2 Å². The van der Waals surface area contributed by atoms with Gasteiger partial charge in [-0.1, -0.05) is 48.5 Å². The first-order valence-corrected chi connectivity index (χ1v) is 8.77. The molecule has 126 valence electrons. The zero-order chi connectivity index (χ0) is 17.1. The van der Waals surface area contributed by atoms with E-state index in [1.54, 1.807) is 0 Å². The van der Waals surface area contributed by atoms with Crippen molar-refractivity contribution in [3.8, 4) is 0 Å². The van der Waals surface area contributed by atoms with Crippen LogP contribution in [0, 0.1) is 6.92 Å². The van der Waals surface area contributed by atoms with E-state index < -0.39 is 0 Å². The fraction of sp³-hybridized carbons (Fsp3) is 0.238. The van der Waals surface area contributed by atoms with Gasteiger partial charge in [-0.15, -0.1) is 0 Å². The highest BCUT2D eigenvalue weighted by Crippen LogP contribution is 2.29. The van der Waals surface area contributed by atoms with Crippen molar-refractivity contribution in [1.29, 1.82) is 0 Å². The van der Waals surface area contributed by atoms with Crippen molar-refractivity contribution in [3.05, 3.63) is 78.1 Å². The number of rotatable bonds is 6. The number of hydrogen-bond donors (Lipinski definition) is 1. The molecule has 0 spiro atoms. The molecular formula is C21H22N4. The van der Waals surface area contributed by atoms with Crippen LogP contribution in [0.25, 0.3) is 0 Å². The topological polar surface area (TPSA) is 41.1 Å². The third-order valence-corrected chi connectivity index (χ3v) is 4.28. The van der Waals surface area contributed by atoms with Crippen LogP contribution in [0.4, 0.5) is 17.3 Å². The molecule has 0 bridgehead atoms. The summed E-state index contributed by atoms with van der Waals surface area (Å²) >= 11 is 0. The van der Waals surface area contributed by atoms with E-state index >= 15 is 0 Å². The maximum absolute atomic E-state index is 4.71. The Morgan fingerprint density at radius 2 is 1.64 bits per heavy atom. The Bertz CT molecular complexity index is 829. The molecule has 0 saturated heterocycles. The molecule has 25 heavy (non-hydrogen) atoms. The van der Waals surface area contributed by atoms with Crippen molar-refractivity contribution < 1.29 is 0 Å². The van der Waals surface area contributed by atoms with Crippen LogP contribution < -0.4 is 10.2 Å². The zero-order valence-electron chi connectivity index (χ0n) is 14.4. The van der Waals surface area contributed by atoms with Gasteiger partial charge in [-0.3, -0.25) is 0 Å². The van der Waals surface area contributed by atoms with Gasteiger partial charge in [0.25, 0.3) is 0 Å². The Morgan fingerprint density at radius 3 is 2.32 bits per heavy atom. The number of para-hydroxylation sites is 1. The van der Waals surface area contributed by atoms with E-state index in [1.165, 1.54) is 18.4 Å². The van der Waals surface area contributed by atoms with E-state index in [-0.39, 0.29) is 0 Å². The molecule has 1 N–H and O–H groups in total. The highest BCUT2D eigenvalue weighted by molar-refractivity contribution is 5.63. The van der Waals surface area contributed by atoms with Crippen LogP contribution in [0.5, 0.6) is 0 Å². The molecule has 0 aliphatic heterocycles. The first-order chi connectivity index (χ1) is 12.3. The SMILES string of the molecule is Cc1nc(NC2CC2)cc(N(Cc2ccccc2)c2ccccc2)n1. The molecule has 0 unspecified atom stereocenters. The van der Waals surface area contributed by atoms with Gasteiger partial charge in [-0.25, -0.2) is 9.97 Å². The van der Waals surface area contributed by atoms with Gasteiger partial charge in [-0.2, -0.15) is 0 Å². The van der Waals surface area contributed by atoms with Gasteiger partial charge in [-0.05, 0) is 37.5 Å². The van der Waals surface area contributed by atoms with Crippen molar-refractivity contribution in [1.82, 2.24) is 9.97 Å². The second kappa shape index (κ2) is 6.93. The standard InChI is InChI=1S/C21H22N4/c1-16-22-20(24-18-12-13-18)14-21(23-16)25(19-10-6-3-7-11-19)15-17-8-4-2-5-9-17/h2-11,14,18H,12-13,15H2,1H3,(H,22,23,24). The summed E-state index contributed by atoms with van der Waals surface area (Å²) < 4.78 is 0. The number of nitrogens with zero attached hydrogens (tertiary/aromatic N) is 3. The van der Waals surface area contributed by atoms with Gasteiger partial charge in [0.05, 0.1) is 0 Å². The fourth-order valence-electron chi connectivity index (χ4n) is 2.88. The molecule has 4 nitrogen and oxygen atoms in total. The quantitative estimate of drug-likeness (QED) is 0.711. The summed E-state index contributed by atoms with van der Waals surface area (Å²) in [5.74, 6) is 2.62. The minimum atomic E-state index is 0.571. The van der Waals surface area contributed by atoms with Crippen LogP contribution in [0.2, 0.25) is 0 Å². The lowest BCUT2D eigenvalue weighted by Gasteiger charge is -2.25. The number of nitrogens with one attached hydrogen (secondary N) is 1. The summed E-state index contributed by atoms with van der Waals surface area (Å²) in [6.45, 7) is 2.72.